The Kier molecular flexibility index (Phi) is 3.76. The van der Waals surface area contributed by atoms with Crippen LogP contribution >= 0.6 is 0 Å². The molecule has 2 unspecified atom stereocenters. The molecule has 0 saturated carbocycles. The number of carbonyl (C=O) groups excluding carboxylic acids is 1. The van der Waals surface area contributed by atoms with E-state index in [1.807, 2.05) is 4.90 Å². The molecule has 0 spiro atoms. The fourth-order valence-corrected chi connectivity index (χ4v) is 2.10. The van der Waals surface area contributed by atoms with Crippen LogP contribution in [0.3, 0.4) is 0 Å². The zero-order valence-electron chi connectivity index (χ0n) is 10.5. The Hall–Kier alpha value is -1.69. The third-order valence-corrected chi connectivity index (χ3v) is 3.24. The summed E-state index contributed by atoms with van der Waals surface area (Å²) in [5, 5.41) is 9.56. The Morgan fingerprint density at radius 3 is 3.06 bits per heavy atom. The fourth-order valence-electron chi connectivity index (χ4n) is 2.10. The van der Waals surface area contributed by atoms with E-state index in [1.165, 1.54) is 7.11 Å². The van der Waals surface area contributed by atoms with Gasteiger partial charge in [0.15, 0.2) is 0 Å². The molecular formula is C12H17N3O3. The van der Waals surface area contributed by atoms with Crippen LogP contribution in [0.15, 0.2) is 12.3 Å². The average Bonchev–Trinajstić information content (AvgIpc) is 2.88. The van der Waals surface area contributed by atoms with E-state index >= 15 is 0 Å². The van der Waals surface area contributed by atoms with Gasteiger partial charge in [0.2, 0.25) is 5.82 Å². The second-order valence-corrected chi connectivity index (χ2v) is 4.47. The minimum Gasteiger partial charge on any atom is -0.463 e. The monoisotopic (exact) mass is 251 g/mol. The summed E-state index contributed by atoms with van der Waals surface area (Å²) in [5.41, 5.74) is 0. The van der Waals surface area contributed by atoms with Gasteiger partial charge in [-0.2, -0.15) is 0 Å². The number of aromatic nitrogens is 2. The number of aliphatic hydroxyl groups is 1. The first-order valence-corrected chi connectivity index (χ1v) is 5.96. The smallest absolute Gasteiger partial charge is 0.376 e. The van der Waals surface area contributed by atoms with E-state index in [0.29, 0.717) is 5.82 Å². The van der Waals surface area contributed by atoms with Gasteiger partial charge in [0.25, 0.3) is 0 Å². The van der Waals surface area contributed by atoms with Gasteiger partial charge in [0, 0.05) is 25.2 Å². The highest BCUT2D eigenvalue weighted by atomic mass is 16.5. The number of ether oxygens (including phenoxy) is 1. The van der Waals surface area contributed by atoms with Crippen LogP contribution in [-0.2, 0) is 4.74 Å². The largest absolute Gasteiger partial charge is 0.463 e. The SMILES string of the molecule is COC(=O)c1nccc(N2CCC(C(C)O)C2)n1. The van der Waals surface area contributed by atoms with Crippen LogP contribution in [0, 0.1) is 5.92 Å². The van der Waals surface area contributed by atoms with Gasteiger partial charge in [-0.3, -0.25) is 0 Å². The summed E-state index contributed by atoms with van der Waals surface area (Å²) in [5.74, 6) is 0.480. The van der Waals surface area contributed by atoms with Gasteiger partial charge >= 0.3 is 5.97 Å². The molecule has 98 valence electrons. The summed E-state index contributed by atoms with van der Waals surface area (Å²) < 4.78 is 4.59. The summed E-state index contributed by atoms with van der Waals surface area (Å²) in [6.45, 7) is 3.37. The molecule has 0 aliphatic carbocycles. The lowest BCUT2D eigenvalue weighted by Crippen LogP contribution is -2.25. The Balaban J connectivity index is 2.12. The lowest BCUT2D eigenvalue weighted by atomic mass is 10.0. The molecule has 1 N–H and O–H groups in total. The molecule has 1 aliphatic heterocycles. The number of esters is 1. The molecule has 2 atom stereocenters. The number of hydrogen-bond acceptors (Lipinski definition) is 6. The van der Waals surface area contributed by atoms with Crippen LogP contribution in [0.5, 0.6) is 0 Å². The van der Waals surface area contributed by atoms with Crippen molar-refractivity contribution in [3.8, 4) is 0 Å². The molecule has 0 bridgehead atoms. The van der Waals surface area contributed by atoms with Crippen LogP contribution in [0.25, 0.3) is 0 Å². The maximum Gasteiger partial charge on any atom is 0.376 e. The summed E-state index contributed by atoms with van der Waals surface area (Å²) in [4.78, 5) is 21.4. The zero-order chi connectivity index (χ0) is 13.1. The Labute approximate surface area is 106 Å². The van der Waals surface area contributed by atoms with Gasteiger partial charge in [-0.1, -0.05) is 0 Å². The fraction of sp³-hybridized carbons (Fsp3) is 0.583. The predicted octanol–water partition coefficient (Wildman–Crippen LogP) is 0.470. The summed E-state index contributed by atoms with van der Waals surface area (Å²) >= 11 is 0. The molecule has 2 heterocycles. The van der Waals surface area contributed by atoms with Crippen molar-refractivity contribution in [1.82, 2.24) is 9.97 Å². The van der Waals surface area contributed by atoms with Gasteiger partial charge < -0.3 is 14.7 Å². The maximum atomic E-state index is 11.3. The summed E-state index contributed by atoms with van der Waals surface area (Å²) in [6, 6.07) is 1.76. The van der Waals surface area contributed by atoms with Crippen molar-refractivity contribution >= 4 is 11.8 Å². The minimum absolute atomic E-state index is 0.0653. The molecule has 0 aromatic carbocycles. The highest BCUT2D eigenvalue weighted by Crippen LogP contribution is 2.24. The van der Waals surface area contributed by atoms with Crippen LogP contribution in [-0.4, -0.2) is 47.3 Å². The lowest BCUT2D eigenvalue weighted by molar-refractivity contribution is 0.0586. The molecule has 18 heavy (non-hydrogen) atoms. The van der Waals surface area contributed by atoms with Crippen LogP contribution in [0.1, 0.15) is 24.0 Å². The van der Waals surface area contributed by atoms with Crippen molar-refractivity contribution in [1.29, 1.82) is 0 Å². The van der Waals surface area contributed by atoms with Gasteiger partial charge in [-0.25, -0.2) is 14.8 Å². The van der Waals surface area contributed by atoms with Gasteiger partial charge in [-0.05, 0) is 19.4 Å². The minimum atomic E-state index is -0.539. The summed E-state index contributed by atoms with van der Waals surface area (Å²) in [6.07, 6.45) is 2.15. The quantitative estimate of drug-likeness (QED) is 0.787. The zero-order valence-corrected chi connectivity index (χ0v) is 10.5. The van der Waals surface area contributed by atoms with E-state index in [2.05, 4.69) is 14.7 Å². The van der Waals surface area contributed by atoms with Crippen LogP contribution in [0.4, 0.5) is 5.82 Å². The van der Waals surface area contributed by atoms with Crippen molar-refractivity contribution < 1.29 is 14.6 Å². The molecule has 2 rings (SSSR count). The Morgan fingerprint density at radius 1 is 1.67 bits per heavy atom. The average molecular weight is 251 g/mol. The first-order valence-electron chi connectivity index (χ1n) is 5.96. The molecular weight excluding hydrogens is 234 g/mol. The Bertz CT molecular complexity index is 436. The predicted molar refractivity (Wildman–Crippen MR) is 65.4 cm³/mol. The highest BCUT2D eigenvalue weighted by molar-refractivity contribution is 5.85. The van der Waals surface area contributed by atoms with E-state index in [0.717, 1.165) is 19.5 Å². The number of nitrogens with zero attached hydrogens (tertiary/aromatic N) is 3. The second-order valence-electron chi connectivity index (χ2n) is 4.47. The number of rotatable bonds is 3. The number of methoxy groups -OCH3 is 1. The van der Waals surface area contributed by atoms with Crippen molar-refractivity contribution in [3.05, 3.63) is 18.1 Å². The van der Waals surface area contributed by atoms with Gasteiger partial charge in [0.05, 0.1) is 13.2 Å². The van der Waals surface area contributed by atoms with Gasteiger partial charge in [0.1, 0.15) is 5.82 Å². The molecule has 0 radical (unpaired) electrons. The number of anilines is 1. The van der Waals surface area contributed by atoms with E-state index in [1.54, 1.807) is 19.2 Å². The first-order chi connectivity index (χ1) is 8.61. The lowest BCUT2D eigenvalue weighted by Gasteiger charge is -2.18. The molecule has 1 aliphatic rings. The maximum absolute atomic E-state index is 11.3. The van der Waals surface area contributed by atoms with Crippen LogP contribution in [0.2, 0.25) is 0 Å². The summed E-state index contributed by atoms with van der Waals surface area (Å²) in [7, 11) is 1.30. The first kappa shape index (κ1) is 12.8. The molecule has 6 nitrogen and oxygen atoms in total. The molecule has 1 saturated heterocycles. The van der Waals surface area contributed by atoms with E-state index in [4.69, 9.17) is 0 Å². The normalized spacial score (nSPS) is 20.8. The van der Waals surface area contributed by atoms with Crippen molar-refractivity contribution in [3.63, 3.8) is 0 Å². The third-order valence-electron chi connectivity index (χ3n) is 3.24. The second kappa shape index (κ2) is 5.30. The molecule has 6 heteroatoms. The Morgan fingerprint density at radius 2 is 2.44 bits per heavy atom. The van der Waals surface area contributed by atoms with Crippen molar-refractivity contribution in [2.24, 2.45) is 5.92 Å². The van der Waals surface area contributed by atoms with E-state index in [9.17, 15) is 9.90 Å². The standard InChI is InChI=1S/C12H17N3O3/c1-8(16)9-4-6-15(7-9)10-3-5-13-11(14-10)12(17)18-2/h3,5,8-9,16H,4,6-7H2,1-2H3. The molecule has 1 aromatic heterocycles. The van der Waals surface area contributed by atoms with Crippen molar-refractivity contribution in [2.75, 3.05) is 25.1 Å². The van der Waals surface area contributed by atoms with E-state index < -0.39 is 5.97 Å². The van der Waals surface area contributed by atoms with Crippen LogP contribution < -0.4 is 4.90 Å². The molecule has 0 amide bonds. The molecule has 1 aromatic rings. The van der Waals surface area contributed by atoms with Crippen molar-refractivity contribution in [2.45, 2.75) is 19.4 Å². The topological polar surface area (TPSA) is 75.5 Å². The number of hydrogen-bond donors (Lipinski definition) is 1. The molecule has 1 fully saturated rings. The number of carbonyl (C=O) groups is 1. The number of aliphatic hydroxyl groups excluding tert-OH is 1. The third kappa shape index (κ3) is 2.59. The van der Waals surface area contributed by atoms with Gasteiger partial charge in [-0.15, -0.1) is 0 Å². The van der Waals surface area contributed by atoms with E-state index in [-0.39, 0.29) is 17.8 Å². The highest BCUT2D eigenvalue weighted by Gasteiger charge is 2.27.